The van der Waals surface area contributed by atoms with Crippen LogP contribution in [-0.4, -0.2) is 26.3 Å². The second-order valence-corrected chi connectivity index (χ2v) is 5.11. The number of hydrogen-bond acceptors (Lipinski definition) is 4. The van der Waals surface area contributed by atoms with E-state index in [1.165, 1.54) is 12.1 Å². The van der Waals surface area contributed by atoms with Gasteiger partial charge < -0.3 is 10.8 Å². The van der Waals surface area contributed by atoms with Gasteiger partial charge in [-0.25, -0.2) is 8.42 Å². The molecular formula is C9H13NO3S. The largest absolute Gasteiger partial charge is 0.387 e. The fraction of sp³-hybridized carbons (Fsp3) is 0.333. The summed E-state index contributed by atoms with van der Waals surface area (Å²) in [7, 11) is -3.22. The van der Waals surface area contributed by atoms with Crippen LogP contribution in [-0.2, 0) is 9.84 Å². The van der Waals surface area contributed by atoms with E-state index in [1.54, 1.807) is 12.1 Å². The highest BCUT2D eigenvalue weighted by atomic mass is 32.2. The predicted octanol–water partition coefficient (Wildman–Crippen LogP) is 0.0822. The number of aliphatic hydroxyl groups is 1. The van der Waals surface area contributed by atoms with Crippen LogP contribution in [0.25, 0.3) is 0 Å². The first kappa shape index (κ1) is 11.2. The quantitative estimate of drug-likeness (QED) is 0.748. The molecule has 0 spiro atoms. The van der Waals surface area contributed by atoms with Gasteiger partial charge in [0, 0.05) is 12.8 Å². The van der Waals surface area contributed by atoms with Gasteiger partial charge in [-0.3, -0.25) is 0 Å². The van der Waals surface area contributed by atoms with Crippen LogP contribution in [0.4, 0.5) is 0 Å². The van der Waals surface area contributed by atoms with Gasteiger partial charge in [0.1, 0.15) is 0 Å². The van der Waals surface area contributed by atoms with Crippen LogP contribution in [0.2, 0.25) is 0 Å². The monoisotopic (exact) mass is 215 g/mol. The zero-order valence-corrected chi connectivity index (χ0v) is 8.66. The van der Waals surface area contributed by atoms with Crippen LogP contribution in [0, 0.1) is 0 Å². The Hall–Kier alpha value is -0.910. The Labute approximate surface area is 83.3 Å². The van der Waals surface area contributed by atoms with E-state index in [0.29, 0.717) is 5.56 Å². The van der Waals surface area contributed by atoms with Crippen molar-refractivity contribution in [2.45, 2.75) is 11.0 Å². The predicted molar refractivity (Wildman–Crippen MR) is 53.6 cm³/mol. The molecule has 0 bridgehead atoms. The minimum atomic E-state index is -3.22. The zero-order valence-electron chi connectivity index (χ0n) is 7.84. The molecule has 0 amide bonds. The summed E-state index contributed by atoms with van der Waals surface area (Å²) in [6.07, 6.45) is 0.317. The van der Waals surface area contributed by atoms with Gasteiger partial charge in [-0.1, -0.05) is 12.1 Å². The standard InChI is InChI=1S/C9H13NO3S/c1-14(12,13)8-4-2-3-7(5-8)9(11)6-10/h2-5,9,11H,6,10H2,1H3. The molecule has 3 N–H and O–H groups in total. The smallest absolute Gasteiger partial charge is 0.175 e. The Balaban J connectivity index is 3.14. The van der Waals surface area contributed by atoms with Crippen LogP contribution < -0.4 is 5.73 Å². The van der Waals surface area contributed by atoms with Crippen LogP contribution in [0.5, 0.6) is 0 Å². The topological polar surface area (TPSA) is 80.4 Å². The van der Waals surface area contributed by atoms with Gasteiger partial charge in [-0.15, -0.1) is 0 Å². The normalized spacial score (nSPS) is 13.9. The lowest BCUT2D eigenvalue weighted by Gasteiger charge is -2.08. The fourth-order valence-corrected chi connectivity index (χ4v) is 1.76. The highest BCUT2D eigenvalue weighted by molar-refractivity contribution is 7.90. The number of nitrogens with two attached hydrogens (primary N) is 1. The fourth-order valence-electron chi connectivity index (χ4n) is 1.09. The summed E-state index contributed by atoms with van der Waals surface area (Å²) in [5, 5.41) is 9.40. The summed E-state index contributed by atoms with van der Waals surface area (Å²) in [4.78, 5) is 0.197. The first-order valence-electron chi connectivity index (χ1n) is 4.13. The van der Waals surface area contributed by atoms with E-state index in [4.69, 9.17) is 5.73 Å². The maximum absolute atomic E-state index is 11.2. The molecule has 1 atom stereocenters. The average Bonchev–Trinajstić information content (AvgIpc) is 2.15. The molecule has 78 valence electrons. The molecule has 1 rings (SSSR count). The van der Waals surface area contributed by atoms with Crippen molar-refractivity contribution in [1.29, 1.82) is 0 Å². The van der Waals surface area contributed by atoms with E-state index < -0.39 is 15.9 Å². The molecule has 5 heteroatoms. The van der Waals surface area contributed by atoms with Gasteiger partial charge in [0.25, 0.3) is 0 Å². The third kappa shape index (κ3) is 2.54. The van der Waals surface area contributed by atoms with Gasteiger partial charge in [0.15, 0.2) is 9.84 Å². The molecule has 0 saturated heterocycles. The van der Waals surface area contributed by atoms with Crippen molar-refractivity contribution in [3.8, 4) is 0 Å². The minimum absolute atomic E-state index is 0.0766. The first-order valence-corrected chi connectivity index (χ1v) is 6.02. The summed E-state index contributed by atoms with van der Waals surface area (Å²) >= 11 is 0. The molecule has 0 saturated carbocycles. The van der Waals surface area contributed by atoms with Crippen molar-refractivity contribution in [2.75, 3.05) is 12.8 Å². The third-order valence-electron chi connectivity index (χ3n) is 1.89. The number of benzene rings is 1. The highest BCUT2D eigenvalue weighted by Crippen LogP contribution is 2.16. The van der Waals surface area contributed by atoms with Gasteiger partial charge in [0.2, 0.25) is 0 Å². The van der Waals surface area contributed by atoms with E-state index in [9.17, 15) is 13.5 Å². The first-order chi connectivity index (χ1) is 6.45. The van der Waals surface area contributed by atoms with Gasteiger partial charge >= 0.3 is 0 Å². The zero-order chi connectivity index (χ0) is 10.8. The van der Waals surface area contributed by atoms with Crippen molar-refractivity contribution in [3.63, 3.8) is 0 Å². The lowest BCUT2D eigenvalue weighted by atomic mass is 10.1. The molecule has 14 heavy (non-hydrogen) atoms. The van der Waals surface area contributed by atoms with Crippen molar-refractivity contribution in [1.82, 2.24) is 0 Å². The molecule has 0 radical (unpaired) electrons. The summed E-state index contributed by atoms with van der Waals surface area (Å²) in [6, 6.07) is 6.16. The highest BCUT2D eigenvalue weighted by Gasteiger charge is 2.10. The van der Waals surface area contributed by atoms with E-state index in [-0.39, 0.29) is 11.4 Å². The number of aliphatic hydroxyl groups excluding tert-OH is 1. The van der Waals surface area contributed by atoms with Crippen molar-refractivity contribution >= 4 is 9.84 Å². The molecule has 0 aromatic heterocycles. The number of rotatable bonds is 3. The molecule has 0 aliphatic heterocycles. The molecular weight excluding hydrogens is 202 g/mol. The van der Waals surface area contributed by atoms with E-state index in [0.717, 1.165) is 6.26 Å². The lowest BCUT2D eigenvalue weighted by molar-refractivity contribution is 0.186. The van der Waals surface area contributed by atoms with E-state index in [1.807, 2.05) is 0 Å². The van der Waals surface area contributed by atoms with Crippen molar-refractivity contribution in [3.05, 3.63) is 29.8 Å². The molecule has 1 aromatic carbocycles. The average molecular weight is 215 g/mol. The Bertz CT molecular complexity index is 414. The maximum atomic E-state index is 11.2. The van der Waals surface area contributed by atoms with E-state index >= 15 is 0 Å². The van der Waals surface area contributed by atoms with Crippen LogP contribution in [0.3, 0.4) is 0 Å². The van der Waals surface area contributed by atoms with Crippen molar-refractivity contribution in [2.24, 2.45) is 5.73 Å². The van der Waals surface area contributed by atoms with Crippen molar-refractivity contribution < 1.29 is 13.5 Å². The molecule has 1 aromatic rings. The molecule has 0 heterocycles. The molecule has 0 aliphatic rings. The third-order valence-corrected chi connectivity index (χ3v) is 3.00. The second kappa shape index (κ2) is 4.08. The Morgan fingerprint density at radius 3 is 2.64 bits per heavy atom. The van der Waals surface area contributed by atoms with Crippen LogP contribution in [0.1, 0.15) is 11.7 Å². The summed E-state index contributed by atoms with van der Waals surface area (Å²) in [5.41, 5.74) is 5.79. The van der Waals surface area contributed by atoms with Crippen LogP contribution in [0.15, 0.2) is 29.2 Å². The maximum Gasteiger partial charge on any atom is 0.175 e. The summed E-state index contributed by atoms with van der Waals surface area (Å²) in [5.74, 6) is 0. The Kier molecular flexibility index (Phi) is 3.25. The number of sulfone groups is 1. The molecule has 0 aliphatic carbocycles. The van der Waals surface area contributed by atoms with Gasteiger partial charge in [0.05, 0.1) is 11.0 Å². The lowest BCUT2D eigenvalue weighted by Crippen LogP contribution is -2.12. The number of hydrogen-bond donors (Lipinski definition) is 2. The summed E-state index contributed by atoms with van der Waals surface area (Å²) < 4.78 is 22.4. The molecule has 1 unspecified atom stereocenters. The minimum Gasteiger partial charge on any atom is -0.387 e. The summed E-state index contributed by atoms with van der Waals surface area (Å²) in [6.45, 7) is 0.0766. The van der Waals surface area contributed by atoms with Gasteiger partial charge in [-0.2, -0.15) is 0 Å². The Morgan fingerprint density at radius 2 is 2.14 bits per heavy atom. The Morgan fingerprint density at radius 1 is 1.50 bits per heavy atom. The van der Waals surface area contributed by atoms with E-state index in [2.05, 4.69) is 0 Å². The van der Waals surface area contributed by atoms with Gasteiger partial charge in [-0.05, 0) is 17.7 Å². The van der Waals surface area contributed by atoms with Crippen LogP contribution >= 0.6 is 0 Å². The second-order valence-electron chi connectivity index (χ2n) is 3.10. The molecule has 4 nitrogen and oxygen atoms in total. The molecule has 0 fully saturated rings. The SMILES string of the molecule is CS(=O)(=O)c1cccc(C(O)CN)c1.